The summed E-state index contributed by atoms with van der Waals surface area (Å²) in [5, 5.41) is 6.03. The maximum absolute atomic E-state index is 12.4. The number of carbonyl (C=O) groups excluding carboxylic acids is 2. The Balaban J connectivity index is 1.28. The molecule has 0 atom stereocenters. The summed E-state index contributed by atoms with van der Waals surface area (Å²) < 4.78 is 5.34. The van der Waals surface area contributed by atoms with Crippen molar-refractivity contribution >= 4 is 11.9 Å². The highest BCUT2D eigenvalue weighted by molar-refractivity contribution is 5.79. The molecule has 3 rings (SSSR count). The largest absolute Gasteiger partial charge is 0.379 e. The Hall–Kier alpha value is -2.12. The molecule has 1 aromatic carbocycles. The lowest BCUT2D eigenvalue weighted by atomic mass is 9.96. The van der Waals surface area contributed by atoms with Crippen LogP contribution in [0.15, 0.2) is 30.3 Å². The molecule has 0 unspecified atom stereocenters. The molecule has 0 aliphatic carbocycles. The fourth-order valence-corrected chi connectivity index (χ4v) is 3.71. The van der Waals surface area contributed by atoms with Gasteiger partial charge in [0.1, 0.15) is 0 Å². The van der Waals surface area contributed by atoms with Crippen LogP contribution in [-0.2, 0) is 16.1 Å². The van der Waals surface area contributed by atoms with Gasteiger partial charge in [-0.15, -0.1) is 0 Å². The Morgan fingerprint density at radius 2 is 1.71 bits per heavy atom. The van der Waals surface area contributed by atoms with Crippen LogP contribution in [0.1, 0.15) is 24.8 Å². The fraction of sp³-hybridized carbons (Fsp3) is 0.619. The Kier molecular flexibility index (Phi) is 8.11. The second kappa shape index (κ2) is 11.0. The van der Waals surface area contributed by atoms with Gasteiger partial charge in [-0.05, 0) is 31.4 Å². The third kappa shape index (κ3) is 6.49. The summed E-state index contributed by atoms with van der Waals surface area (Å²) >= 11 is 0. The Morgan fingerprint density at radius 3 is 2.43 bits per heavy atom. The standard InChI is InChI=1S/C21H32N4O3/c26-20(23-17-18-5-2-1-3-6-18)19-7-11-25(12-8-19)21(27)22-9-4-10-24-13-15-28-16-14-24/h1-3,5-6,19H,4,7-17H2,(H,22,27)(H,23,26). The van der Waals surface area contributed by atoms with E-state index in [4.69, 9.17) is 4.74 Å². The van der Waals surface area contributed by atoms with Crippen molar-refractivity contribution in [3.63, 3.8) is 0 Å². The lowest BCUT2D eigenvalue weighted by Crippen LogP contribution is -2.47. The third-order valence-corrected chi connectivity index (χ3v) is 5.49. The van der Waals surface area contributed by atoms with Crippen molar-refractivity contribution in [2.24, 2.45) is 5.92 Å². The highest BCUT2D eigenvalue weighted by Crippen LogP contribution is 2.17. The van der Waals surface area contributed by atoms with E-state index in [2.05, 4.69) is 15.5 Å². The van der Waals surface area contributed by atoms with Gasteiger partial charge in [0.25, 0.3) is 0 Å². The van der Waals surface area contributed by atoms with E-state index >= 15 is 0 Å². The van der Waals surface area contributed by atoms with Gasteiger partial charge in [0, 0.05) is 45.2 Å². The van der Waals surface area contributed by atoms with Crippen molar-refractivity contribution in [1.82, 2.24) is 20.4 Å². The van der Waals surface area contributed by atoms with Crippen molar-refractivity contribution in [2.45, 2.75) is 25.8 Å². The van der Waals surface area contributed by atoms with Crippen LogP contribution < -0.4 is 10.6 Å². The second-order valence-electron chi connectivity index (χ2n) is 7.50. The number of urea groups is 1. The SMILES string of the molecule is O=C(NCc1ccccc1)C1CCN(C(=O)NCCCN2CCOCC2)CC1. The van der Waals surface area contributed by atoms with E-state index in [0.717, 1.165) is 57.7 Å². The number of rotatable bonds is 7. The number of nitrogens with one attached hydrogen (secondary N) is 2. The van der Waals surface area contributed by atoms with Crippen molar-refractivity contribution in [1.29, 1.82) is 0 Å². The fourth-order valence-electron chi connectivity index (χ4n) is 3.71. The molecule has 154 valence electrons. The lowest BCUT2D eigenvalue weighted by molar-refractivity contribution is -0.126. The van der Waals surface area contributed by atoms with Gasteiger partial charge in [0.15, 0.2) is 0 Å². The van der Waals surface area contributed by atoms with Crippen LogP contribution in [0, 0.1) is 5.92 Å². The van der Waals surface area contributed by atoms with Crippen LogP contribution in [0.4, 0.5) is 4.79 Å². The van der Waals surface area contributed by atoms with Crippen LogP contribution in [0.25, 0.3) is 0 Å². The smallest absolute Gasteiger partial charge is 0.317 e. The topological polar surface area (TPSA) is 73.9 Å². The molecule has 0 saturated carbocycles. The summed E-state index contributed by atoms with van der Waals surface area (Å²) in [5.41, 5.74) is 1.10. The van der Waals surface area contributed by atoms with Gasteiger partial charge in [-0.3, -0.25) is 9.69 Å². The molecule has 2 saturated heterocycles. The van der Waals surface area contributed by atoms with Crippen LogP contribution in [-0.4, -0.2) is 74.2 Å². The number of morpholine rings is 1. The summed E-state index contributed by atoms with van der Waals surface area (Å²) in [7, 11) is 0. The zero-order valence-corrected chi connectivity index (χ0v) is 16.6. The quantitative estimate of drug-likeness (QED) is 0.694. The van der Waals surface area contributed by atoms with E-state index in [-0.39, 0.29) is 17.9 Å². The minimum absolute atomic E-state index is 0.00548. The maximum atomic E-state index is 12.4. The number of nitrogens with zero attached hydrogens (tertiary/aromatic N) is 2. The van der Waals surface area contributed by atoms with Crippen molar-refractivity contribution < 1.29 is 14.3 Å². The molecule has 7 heteroatoms. The number of hydrogen-bond donors (Lipinski definition) is 2. The predicted molar refractivity (Wildman–Crippen MR) is 108 cm³/mol. The average Bonchev–Trinajstić information content (AvgIpc) is 2.76. The first-order chi connectivity index (χ1) is 13.7. The van der Waals surface area contributed by atoms with Gasteiger partial charge < -0.3 is 20.3 Å². The van der Waals surface area contributed by atoms with E-state index in [1.807, 2.05) is 35.2 Å². The molecule has 2 heterocycles. The van der Waals surface area contributed by atoms with Gasteiger partial charge in [-0.1, -0.05) is 30.3 Å². The third-order valence-electron chi connectivity index (χ3n) is 5.49. The van der Waals surface area contributed by atoms with Crippen molar-refractivity contribution in [3.05, 3.63) is 35.9 Å². The minimum atomic E-state index is -0.00915. The van der Waals surface area contributed by atoms with Gasteiger partial charge in [0.05, 0.1) is 13.2 Å². The molecule has 0 aromatic heterocycles. The summed E-state index contributed by atoms with van der Waals surface area (Å²) in [6.45, 7) is 7.09. The van der Waals surface area contributed by atoms with Crippen molar-refractivity contribution in [2.75, 3.05) is 52.5 Å². The van der Waals surface area contributed by atoms with E-state index in [0.29, 0.717) is 26.2 Å². The molecule has 2 aliphatic rings. The molecule has 28 heavy (non-hydrogen) atoms. The molecule has 2 N–H and O–H groups in total. The highest BCUT2D eigenvalue weighted by Gasteiger charge is 2.27. The molecular weight excluding hydrogens is 356 g/mol. The van der Waals surface area contributed by atoms with E-state index in [1.165, 1.54) is 0 Å². The van der Waals surface area contributed by atoms with Crippen LogP contribution in [0.5, 0.6) is 0 Å². The first kappa shape index (κ1) is 20.6. The average molecular weight is 389 g/mol. The van der Waals surface area contributed by atoms with E-state index in [1.54, 1.807) is 0 Å². The van der Waals surface area contributed by atoms with Gasteiger partial charge >= 0.3 is 6.03 Å². The number of carbonyl (C=O) groups is 2. The van der Waals surface area contributed by atoms with Crippen molar-refractivity contribution in [3.8, 4) is 0 Å². The Bertz CT molecular complexity index is 611. The van der Waals surface area contributed by atoms with Crippen LogP contribution >= 0.6 is 0 Å². The number of benzene rings is 1. The molecule has 0 bridgehead atoms. The molecular formula is C21H32N4O3. The maximum Gasteiger partial charge on any atom is 0.317 e. The van der Waals surface area contributed by atoms with Crippen LogP contribution in [0.2, 0.25) is 0 Å². The molecule has 2 fully saturated rings. The number of piperidine rings is 1. The second-order valence-corrected chi connectivity index (χ2v) is 7.50. The van der Waals surface area contributed by atoms with Gasteiger partial charge in [-0.2, -0.15) is 0 Å². The summed E-state index contributed by atoms with van der Waals surface area (Å²) in [5.74, 6) is 0.0866. The predicted octanol–water partition coefficient (Wildman–Crippen LogP) is 1.45. The minimum Gasteiger partial charge on any atom is -0.379 e. The normalized spacial score (nSPS) is 18.6. The first-order valence-electron chi connectivity index (χ1n) is 10.4. The Labute approximate surface area is 167 Å². The molecule has 1 aromatic rings. The van der Waals surface area contributed by atoms with E-state index < -0.39 is 0 Å². The first-order valence-corrected chi connectivity index (χ1v) is 10.4. The molecule has 2 aliphatic heterocycles. The van der Waals surface area contributed by atoms with Crippen LogP contribution in [0.3, 0.4) is 0 Å². The number of hydrogen-bond acceptors (Lipinski definition) is 4. The number of ether oxygens (including phenoxy) is 1. The molecule has 7 nitrogen and oxygen atoms in total. The highest BCUT2D eigenvalue weighted by atomic mass is 16.5. The zero-order chi connectivity index (χ0) is 19.6. The van der Waals surface area contributed by atoms with Gasteiger partial charge in [-0.25, -0.2) is 4.79 Å². The monoisotopic (exact) mass is 388 g/mol. The van der Waals surface area contributed by atoms with E-state index in [9.17, 15) is 9.59 Å². The number of likely N-dealkylation sites (tertiary alicyclic amines) is 1. The summed E-state index contributed by atoms with van der Waals surface area (Å²) in [4.78, 5) is 28.9. The zero-order valence-electron chi connectivity index (χ0n) is 16.6. The lowest BCUT2D eigenvalue weighted by Gasteiger charge is -2.31. The van der Waals surface area contributed by atoms with Gasteiger partial charge in [0.2, 0.25) is 5.91 Å². The number of amides is 3. The Morgan fingerprint density at radius 1 is 1.00 bits per heavy atom. The molecule has 3 amide bonds. The summed E-state index contributed by atoms with van der Waals surface area (Å²) in [6, 6.07) is 9.91. The molecule has 0 spiro atoms. The summed E-state index contributed by atoms with van der Waals surface area (Å²) in [6.07, 6.45) is 2.40. The molecule has 0 radical (unpaired) electrons.